The van der Waals surface area contributed by atoms with Crippen LogP contribution in [0.4, 0.5) is 0 Å². The van der Waals surface area contributed by atoms with E-state index in [1.165, 1.54) is 0 Å². The van der Waals surface area contributed by atoms with Crippen LogP contribution in [0.15, 0.2) is 66.3 Å². The van der Waals surface area contributed by atoms with E-state index in [2.05, 4.69) is 46.4 Å². The first-order valence-electron chi connectivity index (χ1n) is 9.18. The van der Waals surface area contributed by atoms with Crippen LogP contribution in [0, 0.1) is 17.8 Å². The number of allylic oxidation sites excluding steroid dienone is 4. The topological polar surface area (TPSA) is 29.5 Å². The SMILES string of the molecule is C=CC(=C\C(C)C)/C(C)=C/[C@H](C)[C@@H](O)[C@@H](C)COCc1ccccc1. The molecule has 2 nitrogen and oxygen atoms in total. The van der Waals surface area contributed by atoms with E-state index in [-0.39, 0.29) is 11.8 Å². The summed E-state index contributed by atoms with van der Waals surface area (Å²) in [6.07, 6.45) is 5.78. The maximum absolute atomic E-state index is 10.6. The van der Waals surface area contributed by atoms with Crippen LogP contribution >= 0.6 is 0 Å². The highest BCUT2D eigenvalue weighted by atomic mass is 16.5. The Morgan fingerprint density at radius 3 is 2.32 bits per heavy atom. The molecule has 1 aromatic carbocycles. The van der Waals surface area contributed by atoms with E-state index in [1.807, 2.05) is 43.3 Å². The third-order valence-electron chi connectivity index (χ3n) is 4.32. The molecule has 0 saturated carbocycles. The number of hydrogen-bond donors (Lipinski definition) is 1. The molecule has 25 heavy (non-hydrogen) atoms. The Bertz CT molecular complexity index is 569. The van der Waals surface area contributed by atoms with Crippen molar-refractivity contribution in [3.05, 3.63) is 71.8 Å². The van der Waals surface area contributed by atoms with Gasteiger partial charge in [-0.2, -0.15) is 0 Å². The maximum atomic E-state index is 10.6. The van der Waals surface area contributed by atoms with E-state index in [0.29, 0.717) is 19.1 Å². The average Bonchev–Trinajstić information content (AvgIpc) is 2.59. The lowest BCUT2D eigenvalue weighted by Gasteiger charge is -2.23. The van der Waals surface area contributed by atoms with Crippen LogP contribution in [-0.2, 0) is 11.3 Å². The Labute approximate surface area is 153 Å². The van der Waals surface area contributed by atoms with Gasteiger partial charge in [-0.05, 0) is 29.6 Å². The van der Waals surface area contributed by atoms with Crippen molar-refractivity contribution in [3.8, 4) is 0 Å². The first-order chi connectivity index (χ1) is 11.8. The van der Waals surface area contributed by atoms with Crippen molar-refractivity contribution in [1.29, 1.82) is 0 Å². The summed E-state index contributed by atoms with van der Waals surface area (Å²) in [4.78, 5) is 0. The number of aliphatic hydroxyl groups excluding tert-OH is 1. The van der Waals surface area contributed by atoms with E-state index >= 15 is 0 Å². The number of benzene rings is 1. The van der Waals surface area contributed by atoms with Crippen LogP contribution < -0.4 is 0 Å². The van der Waals surface area contributed by atoms with Gasteiger partial charge in [0, 0.05) is 11.8 Å². The summed E-state index contributed by atoms with van der Waals surface area (Å²) in [5.74, 6) is 0.608. The Morgan fingerprint density at radius 1 is 1.12 bits per heavy atom. The molecule has 0 aliphatic heterocycles. The van der Waals surface area contributed by atoms with Gasteiger partial charge in [0.05, 0.1) is 19.3 Å². The number of aliphatic hydroxyl groups is 1. The zero-order valence-corrected chi connectivity index (χ0v) is 16.4. The number of hydrogen-bond acceptors (Lipinski definition) is 2. The van der Waals surface area contributed by atoms with Crippen molar-refractivity contribution in [2.75, 3.05) is 6.61 Å². The molecule has 3 atom stereocenters. The molecule has 1 aromatic rings. The summed E-state index contributed by atoms with van der Waals surface area (Å²) in [6.45, 7) is 15.5. The average molecular weight is 343 g/mol. The largest absolute Gasteiger partial charge is 0.392 e. The number of rotatable bonds is 10. The highest BCUT2D eigenvalue weighted by Gasteiger charge is 2.20. The summed E-state index contributed by atoms with van der Waals surface area (Å²) in [6, 6.07) is 10.1. The molecule has 2 heteroatoms. The second-order valence-electron chi connectivity index (χ2n) is 7.25. The molecule has 0 aliphatic carbocycles. The molecule has 0 aliphatic rings. The molecule has 138 valence electrons. The highest BCUT2D eigenvalue weighted by Crippen LogP contribution is 2.21. The Kier molecular flexibility index (Phi) is 9.48. The van der Waals surface area contributed by atoms with Gasteiger partial charge < -0.3 is 9.84 Å². The predicted molar refractivity (Wildman–Crippen MR) is 107 cm³/mol. The van der Waals surface area contributed by atoms with Gasteiger partial charge in [-0.1, -0.05) is 82.8 Å². The van der Waals surface area contributed by atoms with Crippen molar-refractivity contribution >= 4 is 0 Å². The lowest BCUT2D eigenvalue weighted by molar-refractivity contribution is 0.0132. The third kappa shape index (κ3) is 7.85. The molecule has 0 radical (unpaired) electrons. The normalized spacial score (nSPS) is 16.6. The molecule has 0 spiro atoms. The summed E-state index contributed by atoms with van der Waals surface area (Å²) in [7, 11) is 0. The standard InChI is InChI=1S/C23H34O2/c1-7-22(13-17(2)3)18(4)14-19(5)23(24)20(6)15-25-16-21-11-9-8-10-12-21/h7-14,17,19-20,23-24H,1,15-16H2,2-6H3/b18-14+,22-13+/t19-,20-,23+/m0/s1. The van der Waals surface area contributed by atoms with Crippen LogP contribution in [-0.4, -0.2) is 17.8 Å². The van der Waals surface area contributed by atoms with Gasteiger partial charge in [-0.3, -0.25) is 0 Å². The molecule has 0 fully saturated rings. The zero-order valence-electron chi connectivity index (χ0n) is 16.4. The van der Waals surface area contributed by atoms with Gasteiger partial charge in [0.2, 0.25) is 0 Å². The molecule has 0 saturated heterocycles. The number of ether oxygens (including phenoxy) is 1. The first kappa shape index (κ1) is 21.4. The van der Waals surface area contributed by atoms with Crippen LogP contribution in [0.3, 0.4) is 0 Å². The second kappa shape index (κ2) is 11.1. The molecule has 0 aromatic heterocycles. The summed E-state index contributed by atoms with van der Waals surface area (Å²) in [5, 5.41) is 10.6. The van der Waals surface area contributed by atoms with E-state index in [9.17, 15) is 5.11 Å². The fraction of sp³-hybridized carbons (Fsp3) is 0.478. The molecule has 0 amide bonds. The van der Waals surface area contributed by atoms with E-state index < -0.39 is 6.10 Å². The zero-order chi connectivity index (χ0) is 18.8. The van der Waals surface area contributed by atoms with Crippen molar-refractivity contribution in [2.24, 2.45) is 17.8 Å². The summed E-state index contributed by atoms with van der Waals surface area (Å²) in [5.41, 5.74) is 3.46. The van der Waals surface area contributed by atoms with Gasteiger partial charge >= 0.3 is 0 Å². The van der Waals surface area contributed by atoms with Crippen LogP contribution in [0.25, 0.3) is 0 Å². The minimum absolute atomic E-state index is 0.0610. The highest BCUT2D eigenvalue weighted by molar-refractivity contribution is 5.38. The molecular formula is C23H34O2. The smallest absolute Gasteiger partial charge is 0.0717 e. The Balaban J connectivity index is 2.57. The van der Waals surface area contributed by atoms with Gasteiger partial charge in [0.25, 0.3) is 0 Å². The molecular weight excluding hydrogens is 308 g/mol. The monoisotopic (exact) mass is 342 g/mol. The lowest BCUT2D eigenvalue weighted by atomic mass is 9.90. The summed E-state index contributed by atoms with van der Waals surface area (Å²) >= 11 is 0. The van der Waals surface area contributed by atoms with Gasteiger partial charge in [-0.25, -0.2) is 0 Å². The van der Waals surface area contributed by atoms with Crippen molar-refractivity contribution in [2.45, 2.75) is 47.3 Å². The van der Waals surface area contributed by atoms with Gasteiger partial charge in [0.15, 0.2) is 0 Å². The first-order valence-corrected chi connectivity index (χ1v) is 9.18. The fourth-order valence-electron chi connectivity index (χ4n) is 2.86. The minimum Gasteiger partial charge on any atom is -0.392 e. The quantitative estimate of drug-likeness (QED) is 0.565. The predicted octanol–water partition coefficient (Wildman–Crippen LogP) is 5.55. The lowest BCUT2D eigenvalue weighted by Crippen LogP contribution is -2.28. The Morgan fingerprint density at radius 2 is 1.76 bits per heavy atom. The maximum Gasteiger partial charge on any atom is 0.0717 e. The van der Waals surface area contributed by atoms with Crippen LogP contribution in [0.5, 0.6) is 0 Å². The van der Waals surface area contributed by atoms with Crippen molar-refractivity contribution < 1.29 is 9.84 Å². The molecule has 0 heterocycles. The van der Waals surface area contributed by atoms with Gasteiger partial charge in [-0.15, -0.1) is 0 Å². The van der Waals surface area contributed by atoms with Crippen molar-refractivity contribution in [3.63, 3.8) is 0 Å². The van der Waals surface area contributed by atoms with E-state index in [0.717, 1.165) is 16.7 Å². The molecule has 1 N–H and O–H groups in total. The van der Waals surface area contributed by atoms with Crippen molar-refractivity contribution in [1.82, 2.24) is 0 Å². The fourth-order valence-corrected chi connectivity index (χ4v) is 2.86. The van der Waals surface area contributed by atoms with E-state index in [1.54, 1.807) is 0 Å². The molecule has 1 rings (SSSR count). The molecule has 0 unspecified atom stereocenters. The third-order valence-corrected chi connectivity index (χ3v) is 4.32. The van der Waals surface area contributed by atoms with E-state index in [4.69, 9.17) is 4.74 Å². The Hall–Kier alpha value is -1.64. The van der Waals surface area contributed by atoms with Gasteiger partial charge in [0.1, 0.15) is 0 Å². The summed E-state index contributed by atoms with van der Waals surface area (Å²) < 4.78 is 5.77. The van der Waals surface area contributed by atoms with Crippen LogP contribution in [0.1, 0.15) is 40.2 Å². The second-order valence-corrected chi connectivity index (χ2v) is 7.25. The minimum atomic E-state index is -0.434. The molecule has 0 bridgehead atoms. The van der Waals surface area contributed by atoms with Crippen LogP contribution in [0.2, 0.25) is 0 Å².